The molecule has 1 saturated heterocycles. The van der Waals surface area contributed by atoms with Gasteiger partial charge in [-0.3, -0.25) is 14.7 Å². The van der Waals surface area contributed by atoms with E-state index < -0.39 is 0 Å². The Labute approximate surface area is 207 Å². The van der Waals surface area contributed by atoms with Crippen LogP contribution in [0.5, 0.6) is 11.5 Å². The molecule has 2 aliphatic rings. The number of aromatic nitrogens is 1. The molecule has 1 fully saturated rings. The highest BCUT2D eigenvalue weighted by molar-refractivity contribution is 6.15. The van der Waals surface area contributed by atoms with Gasteiger partial charge >= 0.3 is 0 Å². The number of allylic oxidation sites excluding steroid dienone is 1. The summed E-state index contributed by atoms with van der Waals surface area (Å²) in [5.74, 6) is 1.28. The number of carbonyl (C=O) groups is 1. The number of piperidine rings is 1. The lowest BCUT2D eigenvalue weighted by molar-refractivity contribution is 0.101. The second kappa shape index (κ2) is 9.67. The summed E-state index contributed by atoms with van der Waals surface area (Å²) in [5.41, 5.74) is 5.31. The highest BCUT2D eigenvalue weighted by Gasteiger charge is 2.35. The first kappa shape index (κ1) is 23.3. The molecule has 3 aromatic rings. The van der Waals surface area contributed by atoms with E-state index in [4.69, 9.17) is 4.74 Å². The molecule has 2 aliphatic heterocycles. The molecule has 35 heavy (non-hydrogen) atoms. The zero-order valence-corrected chi connectivity index (χ0v) is 20.6. The van der Waals surface area contributed by atoms with Crippen molar-refractivity contribution in [2.45, 2.75) is 58.5 Å². The van der Waals surface area contributed by atoms with Crippen molar-refractivity contribution in [3.8, 4) is 11.5 Å². The molecule has 2 aromatic carbocycles. The van der Waals surface area contributed by atoms with Gasteiger partial charge in [0.1, 0.15) is 11.5 Å². The number of rotatable bonds is 5. The van der Waals surface area contributed by atoms with Gasteiger partial charge in [-0.25, -0.2) is 0 Å². The Morgan fingerprint density at radius 3 is 2.71 bits per heavy atom. The number of phenols is 1. The Morgan fingerprint density at radius 2 is 2.00 bits per heavy atom. The van der Waals surface area contributed by atoms with Gasteiger partial charge in [0.25, 0.3) is 0 Å². The molecule has 1 atom stereocenters. The normalized spacial score (nSPS) is 19.3. The Hall–Kier alpha value is -3.44. The molecular weight excluding hydrogens is 436 g/mol. The van der Waals surface area contributed by atoms with Crippen LogP contribution in [0.3, 0.4) is 0 Å². The average Bonchev–Trinajstić information content (AvgIpc) is 3.19. The molecule has 3 heterocycles. The minimum Gasteiger partial charge on any atom is -0.507 e. The number of hydrogen-bond acceptors (Lipinski definition) is 5. The minimum absolute atomic E-state index is 0.130. The number of carbonyl (C=O) groups excluding carboxylic acids is 1. The van der Waals surface area contributed by atoms with Gasteiger partial charge in [0.15, 0.2) is 5.76 Å². The molecule has 0 saturated carbocycles. The van der Waals surface area contributed by atoms with E-state index in [1.807, 2.05) is 31.3 Å². The fourth-order valence-electron chi connectivity index (χ4n) is 5.20. The minimum atomic E-state index is -0.130. The number of fused-ring (bicyclic) bond motifs is 1. The number of pyridine rings is 1. The first-order chi connectivity index (χ1) is 16.9. The zero-order chi connectivity index (χ0) is 24.5. The standard InChI is InChI=1S/C30H32N2O3/c1-19(2)22-11-9-21(10-12-22)16-27-29(34)28-20(3)15-26(33)24(30(28)35-27)18-32-14-5-4-8-25(32)23-7-6-13-31-17-23/h6-7,9-13,15-17,19,25,33H,4-5,8,14,18H2,1-3H3/b27-16-/t25-/m0/s1. The number of ether oxygens (including phenoxy) is 1. The molecule has 0 amide bonds. The number of phenolic OH excluding ortho intramolecular Hbond substituents is 1. The van der Waals surface area contributed by atoms with Gasteiger partial charge in [-0.2, -0.15) is 0 Å². The van der Waals surface area contributed by atoms with Crippen molar-refractivity contribution in [1.29, 1.82) is 0 Å². The molecule has 5 heteroatoms. The lowest BCUT2D eigenvalue weighted by atomic mass is 9.94. The summed E-state index contributed by atoms with van der Waals surface area (Å²) < 4.78 is 6.19. The number of aryl methyl sites for hydroxylation is 1. The van der Waals surface area contributed by atoms with E-state index in [0.717, 1.165) is 36.9 Å². The van der Waals surface area contributed by atoms with Crippen LogP contribution in [-0.4, -0.2) is 27.3 Å². The Balaban J connectivity index is 1.47. The maximum absolute atomic E-state index is 13.3. The van der Waals surface area contributed by atoms with Crippen LogP contribution in [0.4, 0.5) is 0 Å². The van der Waals surface area contributed by atoms with Gasteiger partial charge in [0.2, 0.25) is 5.78 Å². The summed E-state index contributed by atoms with van der Waals surface area (Å²) in [5, 5.41) is 10.9. The third-order valence-electron chi connectivity index (χ3n) is 7.17. The van der Waals surface area contributed by atoms with Crippen molar-refractivity contribution in [2.24, 2.45) is 0 Å². The molecule has 0 aliphatic carbocycles. The molecule has 1 N–H and O–H groups in total. The van der Waals surface area contributed by atoms with E-state index in [1.165, 1.54) is 11.1 Å². The van der Waals surface area contributed by atoms with Crippen molar-refractivity contribution < 1.29 is 14.6 Å². The van der Waals surface area contributed by atoms with Crippen LogP contribution in [0.25, 0.3) is 6.08 Å². The number of likely N-dealkylation sites (tertiary alicyclic amines) is 1. The largest absolute Gasteiger partial charge is 0.507 e. The van der Waals surface area contributed by atoms with E-state index in [0.29, 0.717) is 35.1 Å². The molecule has 0 spiro atoms. The number of hydrogen-bond donors (Lipinski definition) is 1. The predicted molar refractivity (Wildman–Crippen MR) is 138 cm³/mol. The van der Waals surface area contributed by atoms with Crippen LogP contribution >= 0.6 is 0 Å². The van der Waals surface area contributed by atoms with Crippen molar-refractivity contribution in [3.63, 3.8) is 0 Å². The van der Waals surface area contributed by atoms with Crippen molar-refractivity contribution in [2.75, 3.05) is 6.54 Å². The van der Waals surface area contributed by atoms with Crippen molar-refractivity contribution >= 4 is 11.9 Å². The van der Waals surface area contributed by atoms with E-state index in [9.17, 15) is 9.90 Å². The molecule has 180 valence electrons. The second-order valence-corrected chi connectivity index (χ2v) is 9.92. The van der Waals surface area contributed by atoms with Crippen LogP contribution in [0, 0.1) is 6.92 Å². The smallest absolute Gasteiger partial charge is 0.232 e. The maximum atomic E-state index is 13.3. The number of Topliss-reactive ketones (excluding diaryl/α,β-unsaturated/α-hetero) is 1. The fourth-order valence-corrected chi connectivity index (χ4v) is 5.20. The van der Waals surface area contributed by atoms with Gasteiger partial charge in [-0.1, -0.05) is 50.6 Å². The summed E-state index contributed by atoms with van der Waals surface area (Å²) in [4.78, 5) is 20.0. The third kappa shape index (κ3) is 4.61. The third-order valence-corrected chi connectivity index (χ3v) is 7.17. The van der Waals surface area contributed by atoms with Gasteiger partial charge in [-0.05, 0) is 72.7 Å². The first-order valence-electron chi connectivity index (χ1n) is 12.5. The van der Waals surface area contributed by atoms with E-state index in [-0.39, 0.29) is 17.6 Å². The molecule has 5 rings (SSSR count). The van der Waals surface area contributed by atoms with Crippen LogP contribution in [0.15, 0.2) is 60.6 Å². The highest BCUT2D eigenvalue weighted by atomic mass is 16.5. The van der Waals surface area contributed by atoms with Crippen LogP contribution in [0.1, 0.15) is 83.2 Å². The highest BCUT2D eigenvalue weighted by Crippen LogP contribution is 2.44. The monoisotopic (exact) mass is 468 g/mol. The number of aromatic hydroxyl groups is 1. The summed E-state index contributed by atoms with van der Waals surface area (Å²) in [6, 6.07) is 14.2. The van der Waals surface area contributed by atoms with Gasteiger partial charge in [0.05, 0.1) is 11.1 Å². The number of benzene rings is 2. The molecule has 1 aromatic heterocycles. The van der Waals surface area contributed by atoms with Crippen LogP contribution < -0.4 is 4.74 Å². The summed E-state index contributed by atoms with van der Waals surface area (Å²) in [6.45, 7) is 7.60. The number of ketones is 1. The Kier molecular flexibility index (Phi) is 6.44. The van der Waals surface area contributed by atoms with E-state index in [2.05, 4.69) is 41.9 Å². The zero-order valence-electron chi connectivity index (χ0n) is 20.6. The predicted octanol–water partition coefficient (Wildman–Crippen LogP) is 6.56. The van der Waals surface area contributed by atoms with E-state index in [1.54, 1.807) is 18.3 Å². The number of nitrogens with zero attached hydrogens (tertiary/aromatic N) is 2. The molecule has 0 bridgehead atoms. The quantitative estimate of drug-likeness (QED) is 0.430. The molecule has 0 radical (unpaired) electrons. The molecule has 0 unspecified atom stereocenters. The first-order valence-corrected chi connectivity index (χ1v) is 12.5. The average molecular weight is 469 g/mol. The summed E-state index contributed by atoms with van der Waals surface area (Å²) in [6.07, 6.45) is 8.81. The summed E-state index contributed by atoms with van der Waals surface area (Å²) in [7, 11) is 0. The lowest BCUT2D eigenvalue weighted by Crippen LogP contribution is -2.33. The van der Waals surface area contributed by atoms with Gasteiger partial charge in [0, 0.05) is 25.0 Å². The summed E-state index contributed by atoms with van der Waals surface area (Å²) >= 11 is 0. The second-order valence-electron chi connectivity index (χ2n) is 9.92. The fraction of sp³-hybridized carbons (Fsp3) is 0.333. The molecular formula is C30H32N2O3. The van der Waals surface area contributed by atoms with Crippen LogP contribution in [-0.2, 0) is 6.54 Å². The Bertz CT molecular complexity index is 1260. The maximum Gasteiger partial charge on any atom is 0.232 e. The SMILES string of the molecule is Cc1cc(O)c(CN2CCCC[C@H]2c2cccnc2)c2c1C(=O)/C(=C/c1ccc(C(C)C)cc1)O2. The van der Waals surface area contributed by atoms with Gasteiger partial charge < -0.3 is 9.84 Å². The van der Waals surface area contributed by atoms with Crippen molar-refractivity contribution in [3.05, 3.63) is 94.0 Å². The Morgan fingerprint density at radius 1 is 1.20 bits per heavy atom. The van der Waals surface area contributed by atoms with Crippen molar-refractivity contribution in [1.82, 2.24) is 9.88 Å². The molecule has 5 nitrogen and oxygen atoms in total. The van der Waals surface area contributed by atoms with Crippen LogP contribution in [0.2, 0.25) is 0 Å². The van der Waals surface area contributed by atoms with Gasteiger partial charge in [-0.15, -0.1) is 0 Å². The van der Waals surface area contributed by atoms with E-state index >= 15 is 0 Å². The lowest BCUT2D eigenvalue weighted by Gasteiger charge is -2.36. The topological polar surface area (TPSA) is 62.7 Å².